The van der Waals surface area contributed by atoms with Crippen LogP contribution in [0, 0.1) is 5.82 Å². The maximum Gasteiger partial charge on any atom is 0.573 e. The summed E-state index contributed by atoms with van der Waals surface area (Å²) < 4.78 is 55.1. The Hall–Kier alpha value is -2.24. The van der Waals surface area contributed by atoms with Crippen LogP contribution in [-0.4, -0.2) is 26.4 Å². The second kappa shape index (κ2) is 9.62. The first-order valence-electron chi connectivity index (χ1n) is 7.53. The van der Waals surface area contributed by atoms with E-state index in [1.165, 1.54) is 24.3 Å². The predicted molar refractivity (Wildman–Crippen MR) is 108 cm³/mol. The molecule has 0 aliphatic rings. The quantitative estimate of drug-likeness (QED) is 0.279. The van der Waals surface area contributed by atoms with Gasteiger partial charge in [0.2, 0.25) is 0 Å². The first-order valence-corrected chi connectivity index (χ1v) is 7.53. The van der Waals surface area contributed by atoms with Crippen molar-refractivity contribution in [2.75, 3.05) is 24.3 Å². The van der Waals surface area contributed by atoms with E-state index in [0.29, 0.717) is 11.3 Å². The second-order valence-electron chi connectivity index (χ2n) is 5.55. The molecule has 10 heteroatoms. The van der Waals surface area contributed by atoms with E-state index in [1.54, 1.807) is 31.1 Å². The number of aliphatic imine (C=N–C) groups is 1. The third-order valence-electron chi connectivity index (χ3n) is 3.30. The third kappa shape index (κ3) is 7.12. The molecule has 0 bridgehead atoms. The Labute approximate surface area is 171 Å². The molecule has 0 saturated carbocycles. The van der Waals surface area contributed by atoms with Gasteiger partial charge in [-0.2, -0.15) is 0 Å². The van der Waals surface area contributed by atoms with Gasteiger partial charge in [-0.1, -0.05) is 18.2 Å². The van der Waals surface area contributed by atoms with Gasteiger partial charge in [-0.25, -0.2) is 9.38 Å². The lowest BCUT2D eigenvalue weighted by Crippen LogP contribution is -2.24. The van der Waals surface area contributed by atoms with Crippen LogP contribution in [0.5, 0.6) is 5.75 Å². The number of hydrogen-bond donors (Lipinski definition) is 2. The van der Waals surface area contributed by atoms with E-state index in [9.17, 15) is 17.6 Å². The summed E-state index contributed by atoms with van der Waals surface area (Å²) in [6.45, 7) is 0.0613. The number of rotatable bonds is 5. The van der Waals surface area contributed by atoms with Crippen LogP contribution in [0.2, 0.25) is 0 Å². The average molecular weight is 498 g/mol. The fourth-order valence-electron chi connectivity index (χ4n) is 2.15. The average Bonchev–Trinajstić information content (AvgIpc) is 2.53. The molecule has 0 saturated heterocycles. The van der Waals surface area contributed by atoms with Crippen LogP contribution >= 0.6 is 24.0 Å². The van der Waals surface area contributed by atoms with Crippen molar-refractivity contribution in [3.8, 4) is 5.75 Å². The van der Waals surface area contributed by atoms with Crippen LogP contribution in [0.3, 0.4) is 0 Å². The van der Waals surface area contributed by atoms with Crippen LogP contribution in [-0.2, 0) is 6.54 Å². The molecule has 0 aliphatic heterocycles. The third-order valence-corrected chi connectivity index (χ3v) is 3.30. The van der Waals surface area contributed by atoms with E-state index in [2.05, 4.69) is 15.0 Å². The molecule has 148 valence electrons. The Morgan fingerprint density at radius 2 is 1.85 bits per heavy atom. The van der Waals surface area contributed by atoms with Crippen molar-refractivity contribution in [3.05, 3.63) is 53.8 Å². The summed E-state index contributed by atoms with van der Waals surface area (Å²) >= 11 is 0. The maximum atomic E-state index is 13.9. The summed E-state index contributed by atoms with van der Waals surface area (Å²) in [5, 5.41) is 2.55. The van der Waals surface area contributed by atoms with Crippen molar-refractivity contribution in [1.82, 2.24) is 0 Å². The minimum atomic E-state index is -4.82. The Morgan fingerprint density at radius 1 is 1.19 bits per heavy atom. The van der Waals surface area contributed by atoms with Gasteiger partial charge in [0, 0.05) is 14.1 Å². The number of alkyl halides is 3. The Morgan fingerprint density at radius 3 is 2.44 bits per heavy atom. The molecule has 27 heavy (non-hydrogen) atoms. The molecule has 0 amide bonds. The molecule has 0 atom stereocenters. The monoisotopic (exact) mass is 498 g/mol. The smallest absolute Gasteiger partial charge is 0.404 e. The van der Waals surface area contributed by atoms with E-state index in [-0.39, 0.29) is 42.2 Å². The van der Waals surface area contributed by atoms with Crippen molar-refractivity contribution < 1.29 is 22.3 Å². The zero-order valence-electron chi connectivity index (χ0n) is 14.5. The molecule has 0 heterocycles. The van der Waals surface area contributed by atoms with Gasteiger partial charge in [0.15, 0.2) is 11.7 Å². The molecule has 0 aliphatic carbocycles. The van der Waals surface area contributed by atoms with Gasteiger partial charge in [0.1, 0.15) is 5.82 Å². The fraction of sp³-hybridized carbons (Fsp3) is 0.235. The fourth-order valence-corrected chi connectivity index (χ4v) is 2.15. The van der Waals surface area contributed by atoms with Crippen molar-refractivity contribution in [2.24, 2.45) is 10.7 Å². The number of anilines is 2. The van der Waals surface area contributed by atoms with Crippen LogP contribution in [0.25, 0.3) is 0 Å². The molecule has 2 rings (SSSR count). The van der Waals surface area contributed by atoms with Crippen LogP contribution in [0.1, 0.15) is 5.56 Å². The van der Waals surface area contributed by atoms with Crippen molar-refractivity contribution in [2.45, 2.75) is 12.9 Å². The molecule has 2 aromatic rings. The molecule has 2 aromatic carbocycles. The normalized spacial score (nSPS) is 11.6. The maximum absolute atomic E-state index is 13.9. The van der Waals surface area contributed by atoms with E-state index in [1.807, 2.05) is 0 Å². The van der Waals surface area contributed by atoms with Crippen molar-refractivity contribution in [3.63, 3.8) is 0 Å². The van der Waals surface area contributed by atoms with Gasteiger partial charge < -0.3 is 20.7 Å². The number of nitrogens with two attached hydrogens (primary N) is 1. The minimum absolute atomic E-state index is 0. The summed E-state index contributed by atoms with van der Waals surface area (Å²) in [6.07, 6.45) is -4.82. The number of benzene rings is 2. The Kier molecular flexibility index (Phi) is 8.13. The second-order valence-corrected chi connectivity index (χ2v) is 5.55. The molecule has 3 N–H and O–H groups in total. The summed E-state index contributed by atoms with van der Waals surface area (Å²) in [4.78, 5) is 5.64. The molecule has 0 fully saturated rings. The lowest BCUT2D eigenvalue weighted by Gasteiger charge is -2.14. The zero-order valence-corrected chi connectivity index (χ0v) is 16.9. The number of ether oxygens (including phenoxy) is 1. The summed E-state index contributed by atoms with van der Waals surface area (Å²) in [5.41, 5.74) is 6.72. The van der Waals surface area contributed by atoms with Gasteiger partial charge in [0.25, 0.3) is 0 Å². The van der Waals surface area contributed by atoms with Crippen LogP contribution in [0.15, 0.2) is 47.5 Å². The number of para-hydroxylation sites is 2. The first-order chi connectivity index (χ1) is 12.2. The zero-order chi connectivity index (χ0) is 19.3. The van der Waals surface area contributed by atoms with Gasteiger partial charge >= 0.3 is 6.36 Å². The van der Waals surface area contributed by atoms with Crippen molar-refractivity contribution >= 4 is 41.3 Å². The number of hydrogen-bond acceptors (Lipinski definition) is 3. The van der Waals surface area contributed by atoms with E-state index in [0.717, 1.165) is 6.07 Å². The van der Waals surface area contributed by atoms with Crippen LogP contribution < -0.4 is 20.7 Å². The van der Waals surface area contributed by atoms with Gasteiger partial charge in [-0.05, 0) is 29.8 Å². The highest BCUT2D eigenvalue weighted by molar-refractivity contribution is 14.0. The largest absolute Gasteiger partial charge is 0.573 e. The highest BCUT2D eigenvalue weighted by Crippen LogP contribution is 2.29. The van der Waals surface area contributed by atoms with Gasteiger partial charge in [-0.3, -0.25) is 0 Å². The summed E-state index contributed by atoms with van der Waals surface area (Å²) in [7, 11) is 3.44. The number of nitrogens with one attached hydrogen (secondary N) is 1. The molecule has 0 radical (unpaired) electrons. The lowest BCUT2D eigenvalue weighted by molar-refractivity contribution is -0.274. The van der Waals surface area contributed by atoms with Gasteiger partial charge in [-0.15, -0.1) is 37.1 Å². The SMILES string of the molecule is CN(C)c1ccc(CN=C(N)Nc2ccccc2OC(F)(F)F)cc1F.I. The number of guanidine groups is 1. The van der Waals surface area contributed by atoms with E-state index in [4.69, 9.17) is 5.73 Å². The Balaban J connectivity index is 0.00000364. The minimum Gasteiger partial charge on any atom is -0.404 e. The standard InChI is InChI=1S/C17H18F4N4O.HI/c1-25(2)14-8-7-11(9-12(14)18)10-23-16(22)24-13-5-3-4-6-15(13)26-17(19,20)21;/h3-9H,10H2,1-2H3,(H3,22,23,24);1H. The van der Waals surface area contributed by atoms with Crippen molar-refractivity contribution in [1.29, 1.82) is 0 Å². The summed E-state index contributed by atoms with van der Waals surface area (Å²) in [5.74, 6) is -0.960. The predicted octanol–water partition coefficient (Wildman–Crippen LogP) is 4.34. The highest BCUT2D eigenvalue weighted by Gasteiger charge is 2.32. The lowest BCUT2D eigenvalue weighted by atomic mass is 10.2. The molecule has 0 unspecified atom stereocenters. The molecule has 5 nitrogen and oxygen atoms in total. The first kappa shape index (κ1) is 22.8. The van der Waals surface area contributed by atoms with E-state index >= 15 is 0 Å². The topological polar surface area (TPSA) is 62.9 Å². The number of nitrogens with zero attached hydrogens (tertiary/aromatic N) is 2. The molecular formula is C17H19F4IN4O. The molecule has 0 spiro atoms. The highest BCUT2D eigenvalue weighted by atomic mass is 127. The number of halogens is 5. The van der Waals surface area contributed by atoms with E-state index < -0.39 is 17.9 Å². The molecular weight excluding hydrogens is 479 g/mol. The van der Waals surface area contributed by atoms with Crippen LogP contribution in [0.4, 0.5) is 28.9 Å². The Bertz CT molecular complexity index is 797. The summed E-state index contributed by atoms with van der Waals surface area (Å²) in [6, 6.07) is 10.1. The van der Waals surface area contributed by atoms with Gasteiger partial charge in [0.05, 0.1) is 17.9 Å². The molecule has 0 aromatic heterocycles.